The van der Waals surface area contributed by atoms with E-state index in [1.165, 1.54) is 21.0 Å². The van der Waals surface area contributed by atoms with Crippen LogP contribution in [0.5, 0.6) is 0 Å². The smallest absolute Gasteiger partial charge is 0 e. The van der Waals surface area contributed by atoms with Gasteiger partial charge in [-0.3, -0.25) is 0 Å². The average Bonchev–Trinajstić information content (AvgIpc) is 2.56. The Kier molecular flexibility index (Phi) is 2.72. The van der Waals surface area contributed by atoms with Gasteiger partial charge in [0.15, 0.2) is 0 Å². The molecule has 0 bridgehead atoms. The van der Waals surface area contributed by atoms with Crippen molar-refractivity contribution in [3.8, 4) is 0 Å². The van der Waals surface area contributed by atoms with Gasteiger partial charge < -0.3 is 0 Å². The molecule has 0 fully saturated rings. The van der Waals surface area contributed by atoms with Crippen LogP contribution in [-0.2, 0) is 19.5 Å². The molecular weight excluding hydrogens is 278 g/mol. The van der Waals surface area contributed by atoms with Crippen LogP contribution < -0.4 is 0 Å². The van der Waals surface area contributed by atoms with Gasteiger partial charge in [-0.2, -0.15) is 0 Å². The number of fused-ring (bicyclic) bond motifs is 3. The van der Waals surface area contributed by atoms with Crippen LogP contribution in [0.25, 0.3) is 21.0 Å². The topological polar surface area (TPSA) is 0 Å². The van der Waals surface area contributed by atoms with E-state index >= 15 is 0 Å². The molecule has 1 aromatic heterocycles. The van der Waals surface area contributed by atoms with E-state index in [0.717, 1.165) is 8.19 Å². The SMILES string of the molecule is [Rh].c1ccc2c(c1)[pH]c1ccccc12. The summed E-state index contributed by atoms with van der Waals surface area (Å²) in [5.74, 6) is 0. The molecule has 71 valence electrons. The van der Waals surface area contributed by atoms with Gasteiger partial charge in [0.2, 0.25) is 0 Å². The molecule has 0 atom stereocenters. The first-order valence-electron chi connectivity index (χ1n) is 4.40. The molecule has 0 nitrogen and oxygen atoms in total. The molecule has 1 radical (unpaired) electrons. The Morgan fingerprint density at radius 2 is 1.07 bits per heavy atom. The van der Waals surface area contributed by atoms with Gasteiger partial charge in [-0.25, -0.2) is 0 Å². The van der Waals surface area contributed by atoms with Crippen molar-refractivity contribution in [2.24, 2.45) is 0 Å². The van der Waals surface area contributed by atoms with Crippen molar-refractivity contribution >= 4 is 29.2 Å². The van der Waals surface area contributed by atoms with E-state index in [-0.39, 0.29) is 19.5 Å². The molecule has 3 aromatic rings. The van der Waals surface area contributed by atoms with Crippen LogP contribution in [0, 0.1) is 0 Å². The maximum Gasteiger partial charge on any atom is 0 e. The van der Waals surface area contributed by atoms with Gasteiger partial charge in [0.25, 0.3) is 0 Å². The summed E-state index contributed by atoms with van der Waals surface area (Å²) in [5, 5.41) is 5.83. The predicted molar refractivity (Wildman–Crippen MR) is 61.0 cm³/mol. The van der Waals surface area contributed by atoms with E-state index in [4.69, 9.17) is 0 Å². The van der Waals surface area contributed by atoms with Crippen LogP contribution in [0.4, 0.5) is 0 Å². The van der Waals surface area contributed by atoms with E-state index in [2.05, 4.69) is 48.5 Å². The third kappa shape index (κ3) is 1.42. The summed E-state index contributed by atoms with van der Waals surface area (Å²) >= 11 is 0. The zero-order valence-corrected chi connectivity index (χ0v) is 10.1. The Morgan fingerprint density at radius 3 is 1.57 bits per heavy atom. The molecule has 0 spiro atoms. The quantitative estimate of drug-likeness (QED) is 0.548. The Hall–Kier alpha value is -0.637. The van der Waals surface area contributed by atoms with Gasteiger partial charge in [-0.15, -0.1) is 8.19 Å². The standard InChI is InChI=1S/C12H9P.Rh/c1-3-7-11-9(5-1)10-6-2-4-8-12(10)13-11;/h1-8,13H;. The van der Waals surface area contributed by atoms with Gasteiger partial charge >= 0.3 is 0 Å². The molecule has 0 N–H and O–H groups in total. The third-order valence-electron chi connectivity index (χ3n) is 2.41. The van der Waals surface area contributed by atoms with Gasteiger partial charge in [-0.05, 0) is 21.0 Å². The summed E-state index contributed by atoms with van der Waals surface area (Å²) in [7, 11) is 0.851. The predicted octanol–water partition coefficient (Wildman–Crippen LogP) is 4.02. The second-order valence-electron chi connectivity index (χ2n) is 3.22. The Labute approximate surface area is 97.2 Å². The van der Waals surface area contributed by atoms with Crippen molar-refractivity contribution in [2.45, 2.75) is 0 Å². The average molecular weight is 287 g/mol. The third-order valence-corrected chi connectivity index (χ3v) is 3.82. The molecular formula is C12H9PRh. The Morgan fingerprint density at radius 1 is 0.643 bits per heavy atom. The van der Waals surface area contributed by atoms with Gasteiger partial charge in [-0.1, -0.05) is 48.5 Å². The molecule has 0 saturated heterocycles. The minimum Gasteiger partial charge on any atom is -0.123 e. The molecule has 0 amide bonds. The second-order valence-corrected chi connectivity index (χ2v) is 4.54. The van der Waals surface area contributed by atoms with Crippen molar-refractivity contribution in [3.63, 3.8) is 0 Å². The summed E-state index contributed by atoms with van der Waals surface area (Å²) in [6, 6.07) is 17.4. The molecule has 0 aliphatic carbocycles. The summed E-state index contributed by atoms with van der Waals surface area (Å²) in [5.41, 5.74) is 0. The monoisotopic (exact) mass is 287 g/mol. The molecule has 0 unspecified atom stereocenters. The number of hydrogen-bond acceptors (Lipinski definition) is 0. The summed E-state index contributed by atoms with van der Waals surface area (Å²) < 4.78 is 0. The van der Waals surface area contributed by atoms with Crippen LogP contribution in [-0.4, -0.2) is 0 Å². The van der Waals surface area contributed by atoms with E-state index < -0.39 is 0 Å². The molecule has 0 aliphatic rings. The maximum absolute atomic E-state index is 2.23. The largest absolute Gasteiger partial charge is 0.123 e. The molecule has 3 rings (SSSR count). The minimum absolute atomic E-state index is 0. The van der Waals surface area contributed by atoms with Crippen molar-refractivity contribution in [2.75, 3.05) is 0 Å². The Bertz CT molecular complexity index is 518. The van der Waals surface area contributed by atoms with Gasteiger partial charge in [0, 0.05) is 19.5 Å². The van der Waals surface area contributed by atoms with Crippen molar-refractivity contribution in [1.82, 2.24) is 0 Å². The van der Waals surface area contributed by atoms with Crippen LogP contribution >= 0.6 is 8.19 Å². The molecule has 2 heteroatoms. The van der Waals surface area contributed by atoms with Gasteiger partial charge in [0.05, 0.1) is 0 Å². The molecule has 14 heavy (non-hydrogen) atoms. The van der Waals surface area contributed by atoms with Gasteiger partial charge in [0.1, 0.15) is 0 Å². The molecule has 2 aromatic carbocycles. The zero-order valence-electron chi connectivity index (χ0n) is 7.45. The first-order chi connectivity index (χ1) is 6.45. The zero-order chi connectivity index (χ0) is 8.67. The van der Waals surface area contributed by atoms with E-state index in [0.29, 0.717) is 0 Å². The summed E-state index contributed by atoms with van der Waals surface area (Å²) in [6.45, 7) is 0. The fourth-order valence-electron chi connectivity index (χ4n) is 1.80. The Balaban J connectivity index is 0.000000750. The fourth-order valence-corrected chi connectivity index (χ4v) is 3.15. The van der Waals surface area contributed by atoms with E-state index in [1.807, 2.05) is 0 Å². The number of hydrogen-bond donors (Lipinski definition) is 0. The summed E-state index contributed by atoms with van der Waals surface area (Å²) in [6.07, 6.45) is 0. The van der Waals surface area contributed by atoms with Crippen LogP contribution in [0.15, 0.2) is 48.5 Å². The molecule has 0 saturated carbocycles. The molecule has 1 heterocycles. The number of benzene rings is 2. The van der Waals surface area contributed by atoms with E-state index in [9.17, 15) is 0 Å². The van der Waals surface area contributed by atoms with Crippen molar-refractivity contribution < 1.29 is 19.5 Å². The van der Waals surface area contributed by atoms with E-state index in [1.54, 1.807) is 0 Å². The normalized spacial score (nSPS) is 10.3. The van der Waals surface area contributed by atoms with Crippen LogP contribution in [0.1, 0.15) is 0 Å². The first kappa shape index (κ1) is 9.90. The molecule has 0 aliphatic heterocycles. The first-order valence-corrected chi connectivity index (χ1v) is 5.40. The van der Waals surface area contributed by atoms with Crippen LogP contribution in [0.3, 0.4) is 0 Å². The van der Waals surface area contributed by atoms with Crippen LogP contribution in [0.2, 0.25) is 0 Å². The maximum atomic E-state index is 2.23. The van der Waals surface area contributed by atoms with Crippen molar-refractivity contribution in [1.29, 1.82) is 0 Å². The fraction of sp³-hybridized carbons (Fsp3) is 0. The summed E-state index contributed by atoms with van der Waals surface area (Å²) in [4.78, 5) is 0. The second kappa shape index (κ2) is 3.85. The van der Waals surface area contributed by atoms with Crippen molar-refractivity contribution in [3.05, 3.63) is 48.5 Å². The number of rotatable bonds is 0. The minimum atomic E-state index is 0.